The maximum absolute atomic E-state index is 5.96. The van der Waals surface area contributed by atoms with E-state index in [4.69, 9.17) is 10.5 Å². The zero-order valence-electron chi connectivity index (χ0n) is 11.3. The van der Waals surface area contributed by atoms with Crippen LogP contribution in [0.2, 0.25) is 0 Å². The number of nitrogen functional groups attached to an aromatic ring is 1. The molecule has 0 aliphatic carbocycles. The van der Waals surface area contributed by atoms with Crippen molar-refractivity contribution in [2.75, 3.05) is 12.8 Å². The van der Waals surface area contributed by atoms with Crippen LogP contribution in [0.5, 0.6) is 5.75 Å². The Morgan fingerprint density at radius 2 is 2.21 bits per heavy atom. The molecule has 0 aliphatic rings. The predicted molar refractivity (Wildman–Crippen MR) is 77.4 cm³/mol. The van der Waals surface area contributed by atoms with E-state index in [-0.39, 0.29) is 0 Å². The maximum Gasteiger partial charge on any atom is 0.138 e. The van der Waals surface area contributed by atoms with E-state index in [1.54, 1.807) is 25.2 Å². The summed E-state index contributed by atoms with van der Waals surface area (Å²) in [5.74, 6) is 2.49. The van der Waals surface area contributed by atoms with Crippen LogP contribution in [0.1, 0.15) is 25.7 Å². The van der Waals surface area contributed by atoms with Crippen molar-refractivity contribution in [3.05, 3.63) is 30.4 Å². The SMILES string of the molecule is COc1ccc(N)c(SCc2ncnn2C(C)C)c1. The zero-order valence-corrected chi connectivity index (χ0v) is 12.1. The molecular formula is C13H18N4OS. The lowest BCUT2D eigenvalue weighted by atomic mass is 10.3. The lowest BCUT2D eigenvalue weighted by molar-refractivity contribution is 0.414. The molecule has 0 unspecified atom stereocenters. The van der Waals surface area contributed by atoms with Gasteiger partial charge in [-0.05, 0) is 32.0 Å². The minimum Gasteiger partial charge on any atom is -0.497 e. The molecule has 0 aliphatic heterocycles. The van der Waals surface area contributed by atoms with Crippen molar-refractivity contribution in [1.29, 1.82) is 0 Å². The number of nitrogens with two attached hydrogens (primary N) is 1. The van der Waals surface area contributed by atoms with Gasteiger partial charge in [-0.3, -0.25) is 0 Å². The van der Waals surface area contributed by atoms with Crippen LogP contribution < -0.4 is 10.5 Å². The molecule has 0 saturated carbocycles. The van der Waals surface area contributed by atoms with Gasteiger partial charge in [0.2, 0.25) is 0 Å². The van der Waals surface area contributed by atoms with E-state index in [2.05, 4.69) is 23.9 Å². The van der Waals surface area contributed by atoms with Crippen molar-refractivity contribution in [2.24, 2.45) is 0 Å². The first-order valence-corrected chi connectivity index (χ1v) is 7.05. The van der Waals surface area contributed by atoms with Crippen molar-refractivity contribution in [3.8, 4) is 5.75 Å². The third kappa shape index (κ3) is 3.20. The van der Waals surface area contributed by atoms with Gasteiger partial charge in [0, 0.05) is 16.6 Å². The zero-order chi connectivity index (χ0) is 13.8. The number of rotatable bonds is 5. The molecule has 1 heterocycles. The highest BCUT2D eigenvalue weighted by Gasteiger charge is 2.09. The van der Waals surface area contributed by atoms with Gasteiger partial charge in [0.1, 0.15) is 17.9 Å². The van der Waals surface area contributed by atoms with Gasteiger partial charge < -0.3 is 10.5 Å². The lowest BCUT2D eigenvalue weighted by Crippen LogP contribution is -2.07. The van der Waals surface area contributed by atoms with E-state index in [0.29, 0.717) is 6.04 Å². The summed E-state index contributed by atoms with van der Waals surface area (Å²) in [6.07, 6.45) is 1.59. The molecule has 102 valence electrons. The van der Waals surface area contributed by atoms with E-state index in [1.165, 1.54) is 0 Å². The highest BCUT2D eigenvalue weighted by atomic mass is 32.2. The molecule has 2 rings (SSSR count). The highest BCUT2D eigenvalue weighted by Crippen LogP contribution is 2.31. The average Bonchev–Trinajstić information content (AvgIpc) is 2.86. The molecule has 1 aromatic heterocycles. The monoisotopic (exact) mass is 278 g/mol. The molecular weight excluding hydrogens is 260 g/mol. The summed E-state index contributed by atoms with van der Waals surface area (Å²) in [4.78, 5) is 5.28. The van der Waals surface area contributed by atoms with Gasteiger partial charge in [-0.1, -0.05) is 0 Å². The number of hydrogen-bond donors (Lipinski definition) is 1. The van der Waals surface area contributed by atoms with Crippen LogP contribution in [0, 0.1) is 0 Å². The Labute approximate surface area is 117 Å². The van der Waals surface area contributed by atoms with Crippen molar-refractivity contribution in [2.45, 2.75) is 30.5 Å². The first kappa shape index (κ1) is 13.7. The predicted octanol–water partition coefficient (Wildman–Crippen LogP) is 2.74. The number of hydrogen-bond acceptors (Lipinski definition) is 5. The van der Waals surface area contributed by atoms with E-state index < -0.39 is 0 Å². The third-order valence-corrected chi connectivity index (χ3v) is 3.78. The van der Waals surface area contributed by atoms with Crippen LogP contribution in [-0.4, -0.2) is 21.9 Å². The van der Waals surface area contributed by atoms with Gasteiger partial charge in [-0.15, -0.1) is 11.8 Å². The van der Waals surface area contributed by atoms with E-state index in [1.807, 2.05) is 22.9 Å². The Morgan fingerprint density at radius 1 is 1.42 bits per heavy atom. The van der Waals surface area contributed by atoms with Gasteiger partial charge in [-0.25, -0.2) is 9.67 Å². The van der Waals surface area contributed by atoms with Crippen molar-refractivity contribution in [3.63, 3.8) is 0 Å². The summed E-state index contributed by atoms with van der Waals surface area (Å²) < 4.78 is 7.13. The Hall–Kier alpha value is -1.69. The summed E-state index contributed by atoms with van der Waals surface area (Å²) in [5, 5.41) is 4.22. The molecule has 0 fully saturated rings. The topological polar surface area (TPSA) is 66.0 Å². The largest absolute Gasteiger partial charge is 0.497 e. The Bertz CT molecular complexity index is 553. The number of methoxy groups -OCH3 is 1. The lowest BCUT2D eigenvalue weighted by Gasteiger charge is -2.10. The van der Waals surface area contributed by atoms with Gasteiger partial charge in [0.05, 0.1) is 12.9 Å². The molecule has 0 saturated heterocycles. The summed E-state index contributed by atoms with van der Waals surface area (Å²) in [6, 6.07) is 5.96. The minimum absolute atomic E-state index is 0.306. The van der Waals surface area contributed by atoms with Gasteiger partial charge in [0.25, 0.3) is 0 Å². The molecule has 6 heteroatoms. The van der Waals surface area contributed by atoms with Crippen LogP contribution in [0.4, 0.5) is 5.69 Å². The quantitative estimate of drug-likeness (QED) is 0.673. The highest BCUT2D eigenvalue weighted by molar-refractivity contribution is 7.98. The molecule has 2 N–H and O–H groups in total. The van der Waals surface area contributed by atoms with Gasteiger partial charge in [-0.2, -0.15) is 5.10 Å². The molecule has 19 heavy (non-hydrogen) atoms. The molecule has 0 amide bonds. The molecule has 2 aromatic rings. The Balaban J connectivity index is 2.12. The second-order valence-corrected chi connectivity index (χ2v) is 5.42. The number of anilines is 1. The van der Waals surface area contributed by atoms with Gasteiger partial charge >= 0.3 is 0 Å². The third-order valence-electron chi connectivity index (χ3n) is 2.71. The average molecular weight is 278 g/mol. The first-order valence-electron chi connectivity index (χ1n) is 6.06. The summed E-state index contributed by atoms with van der Waals surface area (Å²) in [5.41, 5.74) is 6.71. The molecule has 1 aromatic carbocycles. The summed E-state index contributed by atoms with van der Waals surface area (Å²) in [7, 11) is 1.65. The molecule has 0 radical (unpaired) electrons. The fourth-order valence-corrected chi connectivity index (χ4v) is 2.64. The molecule has 0 spiro atoms. The fourth-order valence-electron chi connectivity index (χ4n) is 1.72. The van der Waals surface area contributed by atoms with Crippen LogP contribution in [-0.2, 0) is 5.75 Å². The first-order chi connectivity index (χ1) is 9.11. The Kier molecular flexibility index (Phi) is 4.31. The summed E-state index contributed by atoms with van der Waals surface area (Å²) >= 11 is 1.64. The van der Waals surface area contributed by atoms with E-state index >= 15 is 0 Å². The number of nitrogens with zero attached hydrogens (tertiary/aromatic N) is 3. The number of ether oxygens (including phenoxy) is 1. The van der Waals surface area contributed by atoms with Crippen molar-refractivity contribution >= 4 is 17.4 Å². The van der Waals surface area contributed by atoms with Gasteiger partial charge in [0.15, 0.2) is 0 Å². The van der Waals surface area contributed by atoms with E-state index in [9.17, 15) is 0 Å². The molecule has 0 atom stereocenters. The number of thioether (sulfide) groups is 1. The second-order valence-electron chi connectivity index (χ2n) is 4.41. The fraction of sp³-hybridized carbons (Fsp3) is 0.385. The van der Waals surface area contributed by atoms with Crippen molar-refractivity contribution in [1.82, 2.24) is 14.8 Å². The van der Waals surface area contributed by atoms with Crippen molar-refractivity contribution < 1.29 is 4.74 Å². The van der Waals surface area contributed by atoms with Crippen LogP contribution >= 0.6 is 11.8 Å². The van der Waals surface area contributed by atoms with Crippen LogP contribution in [0.25, 0.3) is 0 Å². The van der Waals surface area contributed by atoms with Crippen LogP contribution in [0.15, 0.2) is 29.4 Å². The minimum atomic E-state index is 0.306. The molecule has 0 bridgehead atoms. The number of aromatic nitrogens is 3. The van der Waals surface area contributed by atoms with Crippen LogP contribution in [0.3, 0.4) is 0 Å². The summed E-state index contributed by atoms with van der Waals surface area (Å²) in [6.45, 7) is 4.17. The van der Waals surface area contributed by atoms with E-state index in [0.717, 1.165) is 27.9 Å². The standard InChI is InChI=1S/C13H18N4OS/c1-9(2)17-13(15-8-16-17)7-19-12-6-10(18-3)4-5-11(12)14/h4-6,8-9H,7,14H2,1-3H3. The smallest absolute Gasteiger partial charge is 0.138 e. The molecule has 5 nitrogen and oxygen atoms in total. The normalized spacial score (nSPS) is 10.9. The maximum atomic E-state index is 5.96. The second kappa shape index (κ2) is 5.97. The Morgan fingerprint density at radius 3 is 2.89 bits per heavy atom. The number of benzene rings is 1.